The van der Waals surface area contributed by atoms with E-state index in [9.17, 15) is 4.79 Å². The van der Waals surface area contributed by atoms with Crippen LogP contribution in [0.15, 0.2) is 29.1 Å². The number of aromatic nitrogens is 2. The number of aromatic amines is 2. The van der Waals surface area contributed by atoms with Crippen LogP contribution in [-0.4, -0.2) is 17.3 Å². The van der Waals surface area contributed by atoms with E-state index in [0.717, 1.165) is 11.3 Å². The SMILES string of the molecule is COc1ccccc1-c1c(C(C)C)[nH][nH]c1=O. The van der Waals surface area contributed by atoms with Crippen LogP contribution in [0.4, 0.5) is 0 Å². The van der Waals surface area contributed by atoms with Crippen molar-refractivity contribution in [3.63, 3.8) is 0 Å². The summed E-state index contributed by atoms with van der Waals surface area (Å²) in [7, 11) is 1.61. The molecule has 0 atom stereocenters. The third-order valence-electron chi connectivity index (χ3n) is 2.76. The maximum absolute atomic E-state index is 11.9. The van der Waals surface area contributed by atoms with E-state index in [1.54, 1.807) is 7.11 Å². The fourth-order valence-corrected chi connectivity index (χ4v) is 1.92. The Morgan fingerprint density at radius 2 is 1.88 bits per heavy atom. The van der Waals surface area contributed by atoms with Crippen molar-refractivity contribution in [3.8, 4) is 16.9 Å². The van der Waals surface area contributed by atoms with E-state index in [0.29, 0.717) is 11.3 Å². The van der Waals surface area contributed by atoms with Gasteiger partial charge in [-0.05, 0) is 12.0 Å². The molecular weight excluding hydrogens is 216 g/mol. The summed E-state index contributed by atoms with van der Waals surface area (Å²) in [6, 6.07) is 7.53. The maximum atomic E-state index is 11.9. The molecule has 1 heterocycles. The Balaban J connectivity index is 2.68. The molecule has 0 aliphatic carbocycles. The summed E-state index contributed by atoms with van der Waals surface area (Å²) in [5.41, 5.74) is 2.27. The lowest BCUT2D eigenvalue weighted by molar-refractivity contribution is 0.416. The van der Waals surface area contributed by atoms with Gasteiger partial charge in [-0.2, -0.15) is 0 Å². The second-order valence-electron chi connectivity index (χ2n) is 4.22. The van der Waals surface area contributed by atoms with E-state index in [2.05, 4.69) is 10.2 Å². The number of para-hydroxylation sites is 1. The lowest BCUT2D eigenvalue weighted by atomic mass is 9.99. The number of H-pyrrole nitrogens is 2. The van der Waals surface area contributed by atoms with Gasteiger partial charge in [0.2, 0.25) is 0 Å². The number of hydrogen-bond donors (Lipinski definition) is 2. The smallest absolute Gasteiger partial charge is 0.272 e. The molecule has 2 N–H and O–H groups in total. The van der Waals surface area contributed by atoms with Crippen LogP contribution in [0.5, 0.6) is 5.75 Å². The molecule has 90 valence electrons. The maximum Gasteiger partial charge on any atom is 0.272 e. The number of methoxy groups -OCH3 is 1. The summed E-state index contributed by atoms with van der Waals surface area (Å²) in [6.07, 6.45) is 0. The van der Waals surface area contributed by atoms with E-state index in [-0.39, 0.29) is 11.5 Å². The van der Waals surface area contributed by atoms with Crippen LogP contribution in [0.25, 0.3) is 11.1 Å². The molecule has 0 amide bonds. The average molecular weight is 232 g/mol. The van der Waals surface area contributed by atoms with Crippen LogP contribution in [0, 0.1) is 0 Å². The first kappa shape index (κ1) is 11.5. The molecule has 0 bridgehead atoms. The number of ether oxygens (including phenoxy) is 1. The highest BCUT2D eigenvalue weighted by atomic mass is 16.5. The van der Waals surface area contributed by atoms with Crippen LogP contribution >= 0.6 is 0 Å². The molecule has 4 nitrogen and oxygen atoms in total. The van der Waals surface area contributed by atoms with E-state index < -0.39 is 0 Å². The summed E-state index contributed by atoms with van der Waals surface area (Å²) in [5.74, 6) is 0.952. The number of benzene rings is 1. The summed E-state index contributed by atoms with van der Waals surface area (Å²) < 4.78 is 5.29. The molecule has 0 radical (unpaired) electrons. The van der Waals surface area contributed by atoms with E-state index in [1.165, 1.54) is 0 Å². The highest BCUT2D eigenvalue weighted by molar-refractivity contribution is 5.72. The summed E-state index contributed by atoms with van der Waals surface area (Å²) in [5, 5.41) is 5.56. The molecule has 4 heteroatoms. The van der Waals surface area contributed by atoms with Gasteiger partial charge in [0.25, 0.3) is 5.56 Å². The Morgan fingerprint density at radius 1 is 1.18 bits per heavy atom. The minimum atomic E-state index is -0.113. The van der Waals surface area contributed by atoms with E-state index >= 15 is 0 Å². The highest BCUT2D eigenvalue weighted by Gasteiger charge is 2.17. The Morgan fingerprint density at radius 3 is 2.53 bits per heavy atom. The average Bonchev–Trinajstić information content (AvgIpc) is 2.71. The molecule has 0 unspecified atom stereocenters. The fraction of sp³-hybridized carbons (Fsp3) is 0.308. The number of nitrogens with one attached hydrogen (secondary N) is 2. The molecule has 2 aromatic rings. The Kier molecular flexibility index (Phi) is 3.04. The monoisotopic (exact) mass is 232 g/mol. The first-order valence-corrected chi connectivity index (χ1v) is 5.59. The second-order valence-corrected chi connectivity index (χ2v) is 4.22. The summed E-state index contributed by atoms with van der Waals surface area (Å²) >= 11 is 0. The highest BCUT2D eigenvalue weighted by Crippen LogP contribution is 2.31. The van der Waals surface area contributed by atoms with Crippen molar-refractivity contribution in [2.75, 3.05) is 7.11 Å². The largest absolute Gasteiger partial charge is 0.496 e. The fourth-order valence-electron chi connectivity index (χ4n) is 1.92. The number of rotatable bonds is 3. The molecule has 0 aliphatic rings. The van der Waals surface area contributed by atoms with Crippen molar-refractivity contribution in [1.29, 1.82) is 0 Å². The van der Waals surface area contributed by atoms with Gasteiger partial charge in [-0.15, -0.1) is 0 Å². The predicted octanol–water partition coefficient (Wildman–Crippen LogP) is 2.50. The van der Waals surface area contributed by atoms with Gasteiger partial charge in [-0.25, -0.2) is 0 Å². The Hall–Kier alpha value is -1.97. The molecule has 0 aliphatic heterocycles. The zero-order chi connectivity index (χ0) is 12.4. The second kappa shape index (κ2) is 4.49. The van der Waals surface area contributed by atoms with Crippen molar-refractivity contribution >= 4 is 0 Å². The van der Waals surface area contributed by atoms with Crippen LogP contribution in [0.2, 0.25) is 0 Å². The first-order chi connectivity index (χ1) is 8.15. The quantitative estimate of drug-likeness (QED) is 0.854. The molecule has 0 saturated heterocycles. The van der Waals surface area contributed by atoms with Crippen molar-refractivity contribution in [2.24, 2.45) is 0 Å². The summed E-state index contributed by atoms with van der Waals surface area (Å²) in [4.78, 5) is 11.9. The molecule has 0 fully saturated rings. The Bertz CT molecular complexity index is 567. The normalized spacial score (nSPS) is 10.8. The first-order valence-electron chi connectivity index (χ1n) is 5.59. The topological polar surface area (TPSA) is 57.9 Å². The van der Waals surface area contributed by atoms with Gasteiger partial charge in [0, 0.05) is 11.3 Å². The zero-order valence-electron chi connectivity index (χ0n) is 10.2. The molecular formula is C13H16N2O2. The van der Waals surface area contributed by atoms with Gasteiger partial charge in [0.05, 0.1) is 12.7 Å². The third-order valence-corrected chi connectivity index (χ3v) is 2.76. The lowest BCUT2D eigenvalue weighted by Crippen LogP contribution is -2.04. The number of hydrogen-bond acceptors (Lipinski definition) is 2. The van der Waals surface area contributed by atoms with Crippen molar-refractivity contribution in [2.45, 2.75) is 19.8 Å². The molecule has 1 aromatic heterocycles. The zero-order valence-corrected chi connectivity index (χ0v) is 10.2. The molecule has 0 saturated carbocycles. The molecule has 1 aromatic carbocycles. The van der Waals surface area contributed by atoms with E-state index in [1.807, 2.05) is 38.1 Å². The van der Waals surface area contributed by atoms with Gasteiger partial charge < -0.3 is 9.84 Å². The standard InChI is InChI=1S/C13H16N2O2/c1-8(2)12-11(13(16)15-14-12)9-6-4-5-7-10(9)17-3/h4-8H,1-3H3,(H2,14,15,16). The van der Waals surface area contributed by atoms with Crippen LogP contribution in [0.1, 0.15) is 25.5 Å². The molecule has 2 rings (SSSR count). The van der Waals surface area contributed by atoms with Gasteiger partial charge in [0.1, 0.15) is 5.75 Å². The van der Waals surface area contributed by atoms with Crippen molar-refractivity contribution < 1.29 is 4.74 Å². The van der Waals surface area contributed by atoms with Gasteiger partial charge in [0.15, 0.2) is 0 Å². The van der Waals surface area contributed by atoms with Crippen molar-refractivity contribution in [1.82, 2.24) is 10.2 Å². The van der Waals surface area contributed by atoms with Crippen LogP contribution in [-0.2, 0) is 0 Å². The molecule has 17 heavy (non-hydrogen) atoms. The predicted molar refractivity (Wildman–Crippen MR) is 67.5 cm³/mol. The van der Waals surface area contributed by atoms with E-state index in [4.69, 9.17) is 4.74 Å². The van der Waals surface area contributed by atoms with Crippen LogP contribution < -0.4 is 10.3 Å². The minimum absolute atomic E-state index is 0.113. The molecule has 0 spiro atoms. The lowest BCUT2D eigenvalue weighted by Gasteiger charge is -2.09. The van der Waals surface area contributed by atoms with Gasteiger partial charge in [-0.3, -0.25) is 9.89 Å². The Labute approximate surface area is 99.6 Å². The van der Waals surface area contributed by atoms with Crippen LogP contribution in [0.3, 0.4) is 0 Å². The van der Waals surface area contributed by atoms with Gasteiger partial charge >= 0.3 is 0 Å². The summed E-state index contributed by atoms with van der Waals surface area (Å²) in [6.45, 7) is 4.08. The van der Waals surface area contributed by atoms with Gasteiger partial charge in [-0.1, -0.05) is 32.0 Å². The minimum Gasteiger partial charge on any atom is -0.496 e. The third kappa shape index (κ3) is 1.98. The van der Waals surface area contributed by atoms with Crippen molar-refractivity contribution in [3.05, 3.63) is 40.3 Å².